The number of fused-ring (bicyclic) bond motifs is 1. The molecule has 0 radical (unpaired) electrons. The molecule has 0 fully saturated rings. The number of halogens is 1. The number of carbonyl (C=O) groups is 1. The van der Waals surface area contributed by atoms with Gasteiger partial charge in [-0.3, -0.25) is 9.00 Å². The summed E-state index contributed by atoms with van der Waals surface area (Å²) in [5, 5.41) is 9.10. The van der Waals surface area contributed by atoms with Crippen LogP contribution in [-0.4, -0.2) is 26.6 Å². The van der Waals surface area contributed by atoms with E-state index < -0.39 is 21.5 Å². The van der Waals surface area contributed by atoms with Gasteiger partial charge < -0.3 is 9.84 Å². The highest BCUT2D eigenvalue weighted by molar-refractivity contribution is 9.10. The van der Waals surface area contributed by atoms with E-state index in [0.29, 0.717) is 6.61 Å². The number of aliphatic carboxylic acids is 1. The fourth-order valence-electron chi connectivity index (χ4n) is 1.87. The van der Waals surface area contributed by atoms with Crippen LogP contribution in [0.25, 0.3) is 0 Å². The zero-order chi connectivity index (χ0) is 14.2. The van der Waals surface area contributed by atoms with E-state index in [0.717, 1.165) is 27.8 Å². The van der Waals surface area contributed by atoms with Crippen molar-refractivity contribution in [3.63, 3.8) is 0 Å². The fourth-order valence-corrected chi connectivity index (χ4v) is 3.48. The van der Waals surface area contributed by atoms with Gasteiger partial charge in [0.2, 0.25) is 0 Å². The molecular weight excluding hydrogens is 332 g/mol. The number of rotatable bonds is 4. The first-order valence-corrected chi connectivity index (χ1v) is 7.99. The summed E-state index contributed by atoms with van der Waals surface area (Å²) in [5.41, 5.74) is 1.88. The maximum atomic E-state index is 12.2. The molecule has 0 aliphatic carbocycles. The Labute approximate surface area is 122 Å². The van der Waals surface area contributed by atoms with Gasteiger partial charge in [-0.05, 0) is 31.5 Å². The lowest BCUT2D eigenvalue weighted by atomic mass is 10.1. The number of hydrogen-bond acceptors (Lipinski definition) is 3. The van der Waals surface area contributed by atoms with Gasteiger partial charge in [0.05, 0.1) is 12.4 Å². The van der Waals surface area contributed by atoms with Gasteiger partial charge in [0.1, 0.15) is 10.5 Å². The summed E-state index contributed by atoms with van der Waals surface area (Å²) in [6, 6.07) is 3.83. The van der Waals surface area contributed by atoms with Crippen LogP contribution >= 0.6 is 15.9 Å². The third kappa shape index (κ3) is 2.84. The molecule has 0 amide bonds. The summed E-state index contributed by atoms with van der Waals surface area (Å²) < 4.78 is 17.4. The second-order valence-electron chi connectivity index (χ2n) is 4.96. The molecule has 1 N–H and O–H groups in total. The van der Waals surface area contributed by atoms with Gasteiger partial charge in [-0.15, -0.1) is 0 Å². The van der Waals surface area contributed by atoms with Crippen molar-refractivity contribution in [1.82, 2.24) is 0 Å². The molecule has 0 saturated carbocycles. The zero-order valence-electron chi connectivity index (χ0n) is 10.7. The van der Waals surface area contributed by atoms with Crippen molar-refractivity contribution in [2.75, 3.05) is 6.61 Å². The maximum absolute atomic E-state index is 12.2. The standard InChI is InChI=1S/C13H15BrO4S/c1-13(2,12(15)16)19(17)7-9-6-10(14)5-8-3-4-18-11(8)9/h5-6H,3-4,7H2,1-2H3,(H,15,16). The normalized spacial score (nSPS) is 15.7. The Bertz CT molecular complexity index is 554. The molecule has 1 aromatic rings. The first kappa shape index (κ1) is 14.5. The number of ether oxygens (including phenoxy) is 1. The molecular formula is C13H15BrO4S. The first-order valence-electron chi connectivity index (χ1n) is 5.88. The van der Waals surface area contributed by atoms with Crippen molar-refractivity contribution < 1.29 is 18.8 Å². The van der Waals surface area contributed by atoms with E-state index in [1.165, 1.54) is 13.8 Å². The van der Waals surface area contributed by atoms with Gasteiger partial charge in [0.25, 0.3) is 0 Å². The Kier molecular flexibility index (Phi) is 4.01. The van der Waals surface area contributed by atoms with Gasteiger partial charge in [-0.2, -0.15) is 0 Å². The third-order valence-corrected chi connectivity index (χ3v) is 5.54. The zero-order valence-corrected chi connectivity index (χ0v) is 13.1. The number of benzene rings is 1. The molecule has 0 spiro atoms. The van der Waals surface area contributed by atoms with Gasteiger partial charge in [0.15, 0.2) is 0 Å². The largest absolute Gasteiger partial charge is 0.493 e. The van der Waals surface area contributed by atoms with Crippen molar-refractivity contribution >= 4 is 32.7 Å². The Balaban J connectivity index is 2.30. The molecule has 104 valence electrons. The van der Waals surface area contributed by atoms with Crippen LogP contribution in [0, 0.1) is 0 Å². The molecule has 0 saturated heterocycles. The highest BCUT2D eigenvalue weighted by atomic mass is 79.9. The number of carboxylic acid groups (broad SMARTS) is 1. The number of hydrogen-bond donors (Lipinski definition) is 1. The van der Waals surface area contributed by atoms with E-state index in [1.807, 2.05) is 12.1 Å². The lowest BCUT2D eigenvalue weighted by Crippen LogP contribution is -2.37. The molecule has 1 aliphatic rings. The predicted molar refractivity (Wildman–Crippen MR) is 76.9 cm³/mol. The van der Waals surface area contributed by atoms with Crippen LogP contribution in [0.2, 0.25) is 0 Å². The molecule has 2 rings (SSSR count). The quantitative estimate of drug-likeness (QED) is 0.909. The minimum Gasteiger partial charge on any atom is -0.493 e. The molecule has 0 aromatic heterocycles. The van der Waals surface area contributed by atoms with Crippen LogP contribution in [-0.2, 0) is 27.8 Å². The summed E-state index contributed by atoms with van der Waals surface area (Å²) in [6.45, 7) is 3.57. The van der Waals surface area contributed by atoms with Crippen molar-refractivity contribution in [3.05, 3.63) is 27.7 Å². The van der Waals surface area contributed by atoms with E-state index >= 15 is 0 Å². The minimum atomic E-state index is -1.51. The summed E-state index contributed by atoms with van der Waals surface area (Å²) in [6.07, 6.45) is 0.830. The van der Waals surface area contributed by atoms with Crippen LogP contribution in [0.1, 0.15) is 25.0 Å². The fraction of sp³-hybridized carbons (Fsp3) is 0.462. The van der Waals surface area contributed by atoms with Gasteiger partial charge >= 0.3 is 5.97 Å². The molecule has 0 bridgehead atoms. The Morgan fingerprint density at radius 1 is 1.53 bits per heavy atom. The maximum Gasteiger partial charge on any atom is 0.321 e. The van der Waals surface area contributed by atoms with Crippen molar-refractivity contribution in [2.24, 2.45) is 0 Å². The lowest BCUT2D eigenvalue weighted by Gasteiger charge is -2.19. The van der Waals surface area contributed by atoms with Crippen molar-refractivity contribution in [3.8, 4) is 5.75 Å². The van der Waals surface area contributed by atoms with E-state index in [1.54, 1.807) is 0 Å². The van der Waals surface area contributed by atoms with E-state index in [-0.39, 0.29) is 5.75 Å². The summed E-state index contributed by atoms with van der Waals surface area (Å²) >= 11 is 3.41. The van der Waals surface area contributed by atoms with Crippen LogP contribution in [0.4, 0.5) is 0 Å². The summed E-state index contributed by atoms with van der Waals surface area (Å²) in [4.78, 5) is 11.1. The predicted octanol–water partition coefficient (Wildman–Crippen LogP) is 2.50. The Morgan fingerprint density at radius 3 is 2.84 bits per heavy atom. The van der Waals surface area contributed by atoms with Crippen molar-refractivity contribution in [2.45, 2.75) is 30.8 Å². The molecule has 1 atom stereocenters. The highest BCUT2D eigenvalue weighted by Gasteiger charge is 2.35. The second kappa shape index (κ2) is 5.25. The Morgan fingerprint density at radius 2 is 2.21 bits per heavy atom. The molecule has 1 heterocycles. The smallest absolute Gasteiger partial charge is 0.321 e. The van der Waals surface area contributed by atoms with Gasteiger partial charge in [-0.25, -0.2) is 0 Å². The average Bonchev–Trinajstić information content (AvgIpc) is 2.76. The van der Waals surface area contributed by atoms with Crippen LogP contribution in [0.3, 0.4) is 0 Å². The van der Waals surface area contributed by atoms with Gasteiger partial charge in [-0.1, -0.05) is 15.9 Å². The highest BCUT2D eigenvalue weighted by Crippen LogP contribution is 2.34. The SMILES string of the molecule is CC(C)(C(=O)O)S(=O)Cc1cc(Br)cc2c1OCC2. The van der Waals surface area contributed by atoms with Crippen molar-refractivity contribution in [1.29, 1.82) is 0 Å². The average molecular weight is 347 g/mol. The molecule has 19 heavy (non-hydrogen) atoms. The molecule has 4 nitrogen and oxygen atoms in total. The topological polar surface area (TPSA) is 63.6 Å². The molecule has 6 heteroatoms. The van der Waals surface area contributed by atoms with Crippen LogP contribution < -0.4 is 4.74 Å². The van der Waals surface area contributed by atoms with E-state index in [2.05, 4.69) is 15.9 Å². The molecule has 1 unspecified atom stereocenters. The lowest BCUT2D eigenvalue weighted by molar-refractivity contribution is -0.139. The minimum absolute atomic E-state index is 0.182. The van der Waals surface area contributed by atoms with Gasteiger partial charge in [0, 0.05) is 27.3 Å². The summed E-state index contributed by atoms with van der Waals surface area (Å²) in [5.74, 6) is -0.114. The Hall–Kier alpha value is -0.880. The summed E-state index contributed by atoms with van der Waals surface area (Å²) in [7, 11) is -1.51. The third-order valence-electron chi connectivity index (χ3n) is 3.20. The first-order chi connectivity index (χ1) is 8.82. The second-order valence-corrected chi connectivity index (χ2v) is 7.87. The monoisotopic (exact) mass is 346 g/mol. The van der Waals surface area contributed by atoms with Crippen LogP contribution in [0.5, 0.6) is 5.75 Å². The molecule has 1 aromatic carbocycles. The number of carboxylic acids is 1. The van der Waals surface area contributed by atoms with E-state index in [9.17, 15) is 9.00 Å². The van der Waals surface area contributed by atoms with Crippen LogP contribution in [0.15, 0.2) is 16.6 Å². The molecule has 1 aliphatic heterocycles. The van der Waals surface area contributed by atoms with E-state index in [4.69, 9.17) is 9.84 Å².